The monoisotopic (exact) mass is 246 g/mol. The van der Waals surface area contributed by atoms with E-state index in [1.165, 1.54) is 6.92 Å². The van der Waals surface area contributed by atoms with Gasteiger partial charge in [-0.3, -0.25) is 0 Å². The van der Waals surface area contributed by atoms with Crippen molar-refractivity contribution < 1.29 is 17.2 Å². The molecule has 1 unspecified atom stereocenters. The fourth-order valence-electron chi connectivity index (χ4n) is 1.91. The number of rotatable bonds is 2. The highest BCUT2D eigenvalue weighted by Crippen LogP contribution is 2.48. The molecule has 1 aliphatic carbocycles. The third-order valence-corrected chi connectivity index (χ3v) is 4.15. The quantitative estimate of drug-likeness (QED) is 0.702. The Morgan fingerprint density at radius 2 is 1.79 bits per heavy atom. The van der Waals surface area contributed by atoms with Crippen LogP contribution in [0.2, 0.25) is 0 Å². The summed E-state index contributed by atoms with van der Waals surface area (Å²) in [6.07, 6.45) is 1.06. The molecule has 0 aromatic carbocycles. The van der Waals surface area contributed by atoms with Gasteiger partial charge in [-0.2, -0.15) is 0 Å². The van der Waals surface area contributed by atoms with E-state index in [-0.39, 0.29) is 12.8 Å². The lowest BCUT2D eigenvalue weighted by Crippen LogP contribution is -2.45. The van der Waals surface area contributed by atoms with Crippen LogP contribution in [0, 0.1) is 5.41 Å². The molecular weight excluding hydrogens is 234 g/mol. The molecule has 0 aromatic heterocycles. The summed E-state index contributed by atoms with van der Waals surface area (Å²) in [5.74, 6) is -3.57. The van der Waals surface area contributed by atoms with Crippen molar-refractivity contribution in [2.45, 2.75) is 38.5 Å². The second-order valence-corrected chi connectivity index (χ2v) is 6.93. The van der Waals surface area contributed by atoms with E-state index in [0.717, 1.165) is 0 Å². The molecule has 0 heterocycles. The van der Waals surface area contributed by atoms with Gasteiger partial charge in [-0.05, 0) is 12.8 Å². The van der Waals surface area contributed by atoms with E-state index >= 15 is 0 Å². The minimum atomic E-state index is -3.86. The lowest BCUT2D eigenvalue weighted by Gasteiger charge is -2.40. The number of halogens is 3. The molecule has 0 radical (unpaired) electrons. The Morgan fingerprint density at radius 3 is 2.21 bits per heavy atom. The predicted octanol–water partition coefficient (Wildman–Crippen LogP) is 2.77. The SMILES string of the molecule is CC1(CS(=O)(=O)Cl)CCCCC1(F)F. The van der Waals surface area contributed by atoms with Gasteiger partial charge in [0.15, 0.2) is 0 Å². The van der Waals surface area contributed by atoms with Crippen LogP contribution >= 0.6 is 10.7 Å². The molecule has 1 saturated carbocycles. The number of hydrogen-bond acceptors (Lipinski definition) is 2. The van der Waals surface area contributed by atoms with Crippen molar-refractivity contribution in [1.29, 1.82) is 0 Å². The molecule has 84 valence electrons. The first-order valence-electron chi connectivity index (χ1n) is 4.46. The second kappa shape index (κ2) is 3.59. The normalized spacial score (nSPS) is 32.9. The molecule has 0 aliphatic heterocycles. The van der Waals surface area contributed by atoms with Crippen LogP contribution in [-0.4, -0.2) is 20.1 Å². The minimum absolute atomic E-state index is 0.214. The van der Waals surface area contributed by atoms with Crippen molar-refractivity contribution in [1.82, 2.24) is 0 Å². The van der Waals surface area contributed by atoms with Crippen molar-refractivity contribution in [3.8, 4) is 0 Å². The standard InChI is InChI=1S/C8H13ClF2O2S/c1-7(6-14(9,12)13)4-2-3-5-8(7,10)11/h2-6H2,1H3. The van der Waals surface area contributed by atoms with Crippen LogP contribution in [0.15, 0.2) is 0 Å². The Balaban J connectivity index is 2.90. The summed E-state index contributed by atoms with van der Waals surface area (Å²) in [5.41, 5.74) is -1.49. The van der Waals surface area contributed by atoms with Crippen molar-refractivity contribution in [3.63, 3.8) is 0 Å². The second-order valence-electron chi connectivity index (χ2n) is 4.16. The average Bonchev–Trinajstić information content (AvgIpc) is 1.92. The van der Waals surface area contributed by atoms with Gasteiger partial charge in [-0.25, -0.2) is 17.2 Å². The summed E-state index contributed by atoms with van der Waals surface area (Å²) in [6, 6.07) is 0. The van der Waals surface area contributed by atoms with Gasteiger partial charge in [0.1, 0.15) is 0 Å². The van der Waals surface area contributed by atoms with Crippen molar-refractivity contribution in [2.24, 2.45) is 5.41 Å². The molecule has 2 nitrogen and oxygen atoms in total. The van der Waals surface area contributed by atoms with Crippen LogP contribution in [0.5, 0.6) is 0 Å². The van der Waals surface area contributed by atoms with Crippen molar-refractivity contribution in [3.05, 3.63) is 0 Å². The molecule has 0 aromatic rings. The van der Waals surface area contributed by atoms with Crippen LogP contribution in [-0.2, 0) is 9.05 Å². The van der Waals surface area contributed by atoms with Crippen LogP contribution < -0.4 is 0 Å². The Morgan fingerprint density at radius 1 is 1.29 bits per heavy atom. The zero-order chi connectivity index (χ0) is 11.0. The van der Waals surface area contributed by atoms with Crippen LogP contribution in [0.25, 0.3) is 0 Å². The maximum absolute atomic E-state index is 13.5. The van der Waals surface area contributed by atoms with Gasteiger partial charge in [0, 0.05) is 22.5 Å². The smallest absolute Gasteiger partial charge is 0.212 e. The summed E-state index contributed by atoms with van der Waals surface area (Å²) < 4.78 is 48.6. The lowest BCUT2D eigenvalue weighted by molar-refractivity contribution is -0.130. The summed E-state index contributed by atoms with van der Waals surface area (Å²) in [5, 5.41) is 0. The Hall–Kier alpha value is 0.1000. The largest absolute Gasteiger partial charge is 0.254 e. The summed E-state index contributed by atoms with van der Waals surface area (Å²) >= 11 is 0. The molecule has 0 N–H and O–H groups in total. The number of alkyl halides is 2. The Kier molecular flexibility index (Phi) is 3.12. The molecule has 1 fully saturated rings. The Bertz CT molecular complexity index is 315. The number of hydrogen-bond donors (Lipinski definition) is 0. The molecule has 1 aliphatic rings. The van der Waals surface area contributed by atoms with Gasteiger partial charge in [-0.15, -0.1) is 0 Å². The topological polar surface area (TPSA) is 34.1 Å². The van der Waals surface area contributed by atoms with Crippen LogP contribution in [0.3, 0.4) is 0 Å². The van der Waals surface area contributed by atoms with Crippen molar-refractivity contribution >= 4 is 19.7 Å². The van der Waals surface area contributed by atoms with E-state index in [0.29, 0.717) is 12.8 Å². The first-order valence-corrected chi connectivity index (χ1v) is 6.94. The maximum atomic E-state index is 13.5. The molecule has 0 spiro atoms. The zero-order valence-electron chi connectivity index (χ0n) is 7.89. The van der Waals surface area contributed by atoms with E-state index in [1.807, 2.05) is 0 Å². The van der Waals surface area contributed by atoms with Gasteiger partial charge in [0.05, 0.1) is 5.75 Å². The molecule has 0 bridgehead atoms. The fraction of sp³-hybridized carbons (Fsp3) is 1.00. The van der Waals surface area contributed by atoms with Crippen LogP contribution in [0.4, 0.5) is 8.78 Å². The molecule has 0 amide bonds. The molecular formula is C8H13ClF2O2S. The molecule has 6 heteroatoms. The highest BCUT2D eigenvalue weighted by atomic mass is 35.7. The first-order chi connectivity index (χ1) is 6.16. The predicted molar refractivity (Wildman–Crippen MR) is 51.2 cm³/mol. The van der Waals surface area contributed by atoms with Gasteiger partial charge >= 0.3 is 0 Å². The average molecular weight is 247 g/mol. The lowest BCUT2D eigenvalue weighted by atomic mass is 9.74. The molecule has 1 rings (SSSR count). The van der Waals surface area contributed by atoms with Crippen LogP contribution in [0.1, 0.15) is 32.6 Å². The van der Waals surface area contributed by atoms with E-state index in [9.17, 15) is 17.2 Å². The summed E-state index contributed by atoms with van der Waals surface area (Å²) in [6.45, 7) is 1.30. The first kappa shape index (κ1) is 12.2. The van der Waals surface area contributed by atoms with Gasteiger partial charge < -0.3 is 0 Å². The van der Waals surface area contributed by atoms with E-state index < -0.39 is 26.1 Å². The molecule has 1 atom stereocenters. The van der Waals surface area contributed by atoms with Gasteiger partial charge in [0.25, 0.3) is 5.92 Å². The summed E-state index contributed by atoms with van der Waals surface area (Å²) in [7, 11) is 1.16. The molecule has 0 saturated heterocycles. The van der Waals surface area contributed by atoms with Gasteiger partial charge in [0.2, 0.25) is 9.05 Å². The highest BCUT2D eigenvalue weighted by Gasteiger charge is 2.53. The maximum Gasteiger partial charge on any atom is 0.254 e. The van der Waals surface area contributed by atoms with E-state index in [4.69, 9.17) is 10.7 Å². The van der Waals surface area contributed by atoms with E-state index in [2.05, 4.69) is 0 Å². The zero-order valence-corrected chi connectivity index (χ0v) is 9.47. The van der Waals surface area contributed by atoms with Crippen molar-refractivity contribution in [2.75, 3.05) is 5.75 Å². The summed E-state index contributed by atoms with van der Waals surface area (Å²) in [4.78, 5) is 0. The fourth-order valence-corrected chi connectivity index (χ4v) is 3.74. The third kappa shape index (κ3) is 2.57. The molecule has 14 heavy (non-hydrogen) atoms. The Labute approximate surface area is 87.1 Å². The highest BCUT2D eigenvalue weighted by molar-refractivity contribution is 8.13. The van der Waals surface area contributed by atoms with E-state index in [1.54, 1.807) is 0 Å². The third-order valence-electron chi connectivity index (χ3n) is 2.84. The van der Waals surface area contributed by atoms with Gasteiger partial charge in [-0.1, -0.05) is 13.3 Å². The minimum Gasteiger partial charge on any atom is -0.212 e.